The van der Waals surface area contributed by atoms with Crippen LogP contribution in [0.1, 0.15) is 68.8 Å². The number of carbonyl (C=O) groups is 1. The smallest absolute Gasteiger partial charge is 0.270 e. The fourth-order valence-corrected chi connectivity index (χ4v) is 6.98. The summed E-state index contributed by atoms with van der Waals surface area (Å²) >= 11 is 6.94. The highest BCUT2D eigenvalue weighted by atomic mass is 32.2. The first-order valence-corrected chi connectivity index (χ1v) is 14.1. The van der Waals surface area contributed by atoms with Crippen LogP contribution < -0.4 is 10.5 Å². The SMILES string of the molecule is CCCn1c(N2CC(C)CC(C)C2)c(/C=C2/SC(=S)N(C(C)c3ccccc3)C2=O)c(C)c(C#N)c1=O. The van der Waals surface area contributed by atoms with Crippen LogP contribution in [0.3, 0.4) is 0 Å². The van der Waals surface area contributed by atoms with E-state index in [2.05, 4.69) is 24.8 Å². The van der Waals surface area contributed by atoms with Crippen molar-refractivity contribution in [1.82, 2.24) is 9.47 Å². The molecule has 194 valence electrons. The molecule has 2 aliphatic heterocycles. The van der Waals surface area contributed by atoms with Crippen LogP contribution in [-0.2, 0) is 11.3 Å². The lowest BCUT2D eigenvalue weighted by molar-refractivity contribution is -0.123. The molecule has 0 radical (unpaired) electrons. The van der Waals surface area contributed by atoms with Gasteiger partial charge < -0.3 is 4.90 Å². The molecular weight excluding hydrogens is 500 g/mol. The Morgan fingerprint density at radius 3 is 2.43 bits per heavy atom. The molecule has 1 aromatic carbocycles. The second-order valence-corrected chi connectivity index (χ2v) is 12.0. The lowest BCUT2D eigenvalue weighted by Gasteiger charge is -2.39. The molecule has 2 aliphatic rings. The van der Waals surface area contributed by atoms with E-state index in [1.165, 1.54) is 11.8 Å². The number of pyridine rings is 1. The van der Waals surface area contributed by atoms with Crippen molar-refractivity contribution in [2.45, 2.75) is 60.0 Å². The number of thiocarbonyl (C=S) groups is 1. The van der Waals surface area contributed by atoms with E-state index in [0.717, 1.165) is 42.9 Å². The average Bonchev–Trinajstić information content (AvgIpc) is 3.14. The van der Waals surface area contributed by atoms with Gasteiger partial charge in [0, 0.05) is 25.2 Å². The van der Waals surface area contributed by atoms with Gasteiger partial charge in [-0.3, -0.25) is 19.1 Å². The Bertz CT molecular complexity index is 1330. The van der Waals surface area contributed by atoms with Crippen LogP contribution in [0.2, 0.25) is 0 Å². The molecule has 4 rings (SSSR count). The number of benzene rings is 1. The molecule has 0 N–H and O–H groups in total. The summed E-state index contributed by atoms with van der Waals surface area (Å²) in [4.78, 5) is 31.6. The van der Waals surface area contributed by atoms with Gasteiger partial charge in [-0.05, 0) is 55.7 Å². The van der Waals surface area contributed by atoms with E-state index in [1.54, 1.807) is 9.47 Å². The number of nitriles is 1. The van der Waals surface area contributed by atoms with Crippen molar-refractivity contribution in [3.63, 3.8) is 0 Å². The Hall–Kier alpha value is -2.89. The van der Waals surface area contributed by atoms with Crippen molar-refractivity contribution in [3.8, 4) is 6.07 Å². The number of piperidine rings is 1. The van der Waals surface area contributed by atoms with Crippen molar-refractivity contribution < 1.29 is 4.79 Å². The Kier molecular flexibility index (Phi) is 8.25. The Balaban J connectivity index is 1.87. The first-order valence-electron chi connectivity index (χ1n) is 12.9. The number of hydrogen-bond donors (Lipinski definition) is 0. The molecule has 2 aromatic rings. The van der Waals surface area contributed by atoms with E-state index in [4.69, 9.17) is 12.2 Å². The molecule has 37 heavy (non-hydrogen) atoms. The molecule has 3 unspecified atom stereocenters. The predicted molar refractivity (Wildman–Crippen MR) is 155 cm³/mol. The Morgan fingerprint density at radius 2 is 1.84 bits per heavy atom. The number of carbonyl (C=O) groups excluding carboxylic acids is 1. The molecule has 0 spiro atoms. The van der Waals surface area contributed by atoms with Crippen LogP contribution in [0, 0.1) is 30.1 Å². The van der Waals surface area contributed by atoms with E-state index in [1.807, 2.05) is 57.2 Å². The van der Waals surface area contributed by atoms with E-state index in [9.17, 15) is 14.9 Å². The molecule has 1 aromatic heterocycles. The van der Waals surface area contributed by atoms with Crippen LogP contribution in [0.15, 0.2) is 40.0 Å². The van der Waals surface area contributed by atoms with E-state index in [-0.39, 0.29) is 23.1 Å². The number of rotatable bonds is 6. The fraction of sp³-hybridized carbons (Fsp3) is 0.448. The van der Waals surface area contributed by atoms with Gasteiger partial charge in [0.15, 0.2) is 0 Å². The molecule has 0 saturated carbocycles. The molecule has 2 fully saturated rings. The topological polar surface area (TPSA) is 69.3 Å². The summed E-state index contributed by atoms with van der Waals surface area (Å²) in [5.74, 6) is 1.61. The summed E-state index contributed by atoms with van der Waals surface area (Å²) in [5, 5.41) is 9.90. The summed E-state index contributed by atoms with van der Waals surface area (Å²) in [7, 11) is 0. The van der Waals surface area contributed by atoms with Crippen LogP contribution in [0.5, 0.6) is 0 Å². The van der Waals surface area contributed by atoms with Crippen molar-refractivity contribution >= 4 is 46.1 Å². The average molecular weight is 535 g/mol. The molecule has 3 atom stereocenters. The van der Waals surface area contributed by atoms with E-state index < -0.39 is 0 Å². The molecule has 0 aliphatic carbocycles. The van der Waals surface area contributed by atoms with Gasteiger partial charge in [-0.15, -0.1) is 0 Å². The molecule has 1 amide bonds. The van der Waals surface area contributed by atoms with Gasteiger partial charge in [0.1, 0.15) is 21.8 Å². The highest BCUT2D eigenvalue weighted by Crippen LogP contribution is 2.40. The van der Waals surface area contributed by atoms with Crippen LogP contribution in [-0.4, -0.2) is 32.8 Å². The maximum Gasteiger partial charge on any atom is 0.270 e. The first kappa shape index (κ1) is 27.2. The Labute approximate surface area is 229 Å². The van der Waals surface area contributed by atoms with Gasteiger partial charge in [0.2, 0.25) is 0 Å². The summed E-state index contributed by atoms with van der Waals surface area (Å²) in [6.45, 7) is 12.4. The molecule has 6 nitrogen and oxygen atoms in total. The number of hydrogen-bond acceptors (Lipinski definition) is 6. The maximum atomic E-state index is 13.7. The maximum absolute atomic E-state index is 13.7. The number of thioether (sulfide) groups is 1. The highest BCUT2D eigenvalue weighted by Gasteiger charge is 2.37. The minimum absolute atomic E-state index is 0.134. The third-order valence-electron chi connectivity index (χ3n) is 7.23. The van der Waals surface area contributed by atoms with Gasteiger partial charge in [-0.1, -0.05) is 75.1 Å². The van der Waals surface area contributed by atoms with Gasteiger partial charge in [-0.2, -0.15) is 5.26 Å². The predicted octanol–water partition coefficient (Wildman–Crippen LogP) is 5.88. The van der Waals surface area contributed by atoms with Crippen molar-refractivity contribution in [2.24, 2.45) is 11.8 Å². The van der Waals surface area contributed by atoms with Gasteiger partial charge in [0.25, 0.3) is 11.5 Å². The lowest BCUT2D eigenvalue weighted by atomic mass is 9.91. The first-order chi connectivity index (χ1) is 17.7. The fourth-order valence-electron chi connectivity index (χ4n) is 5.58. The molecule has 0 bridgehead atoms. The highest BCUT2D eigenvalue weighted by molar-refractivity contribution is 8.26. The van der Waals surface area contributed by atoms with E-state index in [0.29, 0.717) is 33.2 Å². The van der Waals surface area contributed by atoms with Gasteiger partial charge >= 0.3 is 0 Å². The van der Waals surface area contributed by atoms with Crippen molar-refractivity contribution in [3.05, 3.63) is 67.8 Å². The summed E-state index contributed by atoms with van der Waals surface area (Å²) in [6.07, 6.45) is 3.75. The molecule has 2 saturated heterocycles. The standard InChI is InChI=1S/C29H34N4O2S2/c1-6-12-32-26(31-16-18(2)13-19(3)17-31)23(20(4)24(15-30)27(32)34)14-25-28(35)33(29(36)37-25)21(5)22-10-8-7-9-11-22/h7-11,14,18-19,21H,6,12-13,16-17H2,1-5H3/b25-14+. The largest absolute Gasteiger partial charge is 0.357 e. The minimum Gasteiger partial charge on any atom is -0.357 e. The number of aromatic nitrogens is 1. The quantitative estimate of drug-likeness (QED) is 0.340. The second kappa shape index (κ2) is 11.2. The molecular formula is C29H34N4O2S2. The van der Waals surface area contributed by atoms with Crippen molar-refractivity contribution in [1.29, 1.82) is 5.26 Å². The molecule has 8 heteroatoms. The van der Waals surface area contributed by atoms with Gasteiger partial charge in [-0.25, -0.2) is 0 Å². The zero-order valence-corrected chi connectivity index (χ0v) is 23.8. The normalized spacial score (nSPS) is 22.0. The van der Waals surface area contributed by atoms with Crippen LogP contribution in [0.25, 0.3) is 6.08 Å². The third kappa shape index (κ3) is 5.25. The minimum atomic E-state index is -0.259. The van der Waals surface area contributed by atoms with Crippen LogP contribution in [0.4, 0.5) is 5.82 Å². The zero-order valence-electron chi connectivity index (χ0n) is 22.2. The zero-order chi connectivity index (χ0) is 26.9. The van der Waals surface area contributed by atoms with Crippen molar-refractivity contribution in [2.75, 3.05) is 18.0 Å². The monoisotopic (exact) mass is 534 g/mol. The van der Waals surface area contributed by atoms with Crippen LogP contribution >= 0.6 is 24.0 Å². The van der Waals surface area contributed by atoms with Gasteiger partial charge in [0.05, 0.1) is 10.9 Å². The number of nitrogens with zero attached hydrogens (tertiary/aromatic N) is 4. The number of anilines is 1. The second-order valence-electron chi connectivity index (χ2n) is 10.3. The number of amides is 1. The summed E-state index contributed by atoms with van der Waals surface area (Å²) in [6, 6.07) is 11.8. The third-order valence-corrected chi connectivity index (χ3v) is 8.56. The molecule has 3 heterocycles. The summed E-state index contributed by atoms with van der Waals surface area (Å²) in [5.41, 5.74) is 2.26. The summed E-state index contributed by atoms with van der Waals surface area (Å²) < 4.78 is 2.25. The van der Waals surface area contributed by atoms with E-state index >= 15 is 0 Å². The Morgan fingerprint density at radius 1 is 1.19 bits per heavy atom. The lowest BCUT2D eigenvalue weighted by Crippen LogP contribution is -2.43.